The Labute approximate surface area is 355 Å². The van der Waals surface area contributed by atoms with Gasteiger partial charge in [0.05, 0.1) is 28.7 Å². The Kier molecular flexibility index (Phi) is 12.4. The zero-order valence-electron chi connectivity index (χ0n) is 33.6. The fourth-order valence-electron chi connectivity index (χ4n) is 7.17. The molecule has 1 saturated heterocycles. The van der Waals surface area contributed by atoms with Crippen molar-refractivity contribution < 1.29 is 37.9 Å². The van der Waals surface area contributed by atoms with Crippen molar-refractivity contribution in [3.63, 3.8) is 0 Å². The Hall–Kier alpha value is -7.25. The number of rotatable bonds is 20. The maximum Gasteiger partial charge on any atom is 0.277 e. The predicted octanol–water partition coefficient (Wildman–Crippen LogP) is 3.50. The van der Waals surface area contributed by atoms with E-state index in [1.807, 2.05) is 30.3 Å². The molecule has 3 aromatic heterocycles. The van der Waals surface area contributed by atoms with E-state index in [1.54, 1.807) is 30.5 Å². The summed E-state index contributed by atoms with van der Waals surface area (Å²) in [5.74, 6) is -1.95. The minimum atomic E-state index is -1.02. The number of ether oxygens (including phenoxy) is 1. The molecule has 19 nitrogen and oxygen atoms in total. The number of amides is 6. The number of carbonyl (C=O) groups is 6. The molecule has 320 valence electrons. The van der Waals surface area contributed by atoms with Gasteiger partial charge in [-0.3, -0.25) is 39.0 Å². The van der Waals surface area contributed by atoms with Crippen LogP contribution in [0.15, 0.2) is 77.7 Å². The van der Waals surface area contributed by atoms with Crippen molar-refractivity contribution in [2.24, 2.45) is 11.7 Å². The quantitative estimate of drug-likeness (QED) is 0.0485. The molecule has 2 aromatic carbocycles. The summed E-state index contributed by atoms with van der Waals surface area (Å²) < 4.78 is 12.8. The van der Waals surface area contributed by atoms with Crippen molar-refractivity contribution in [1.29, 1.82) is 0 Å². The third kappa shape index (κ3) is 9.53. The maximum atomic E-state index is 13.3. The Balaban J connectivity index is 0.745. The van der Waals surface area contributed by atoms with Crippen molar-refractivity contribution in [1.82, 2.24) is 35.3 Å². The van der Waals surface area contributed by atoms with E-state index in [2.05, 4.69) is 41.7 Å². The zero-order valence-corrected chi connectivity index (χ0v) is 33.6. The van der Waals surface area contributed by atoms with Gasteiger partial charge in [0.1, 0.15) is 18.1 Å². The number of carbonyl (C=O) groups excluding carboxylic acids is 6. The lowest BCUT2D eigenvalue weighted by Gasteiger charge is -2.27. The lowest BCUT2D eigenvalue weighted by molar-refractivity contribution is -0.136. The molecule has 1 atom stereocenters. The van der Waals surface area contributed by atoms with Gasteiger partial charge >= 0.3 is 0 Å². The van der Waals surface area contributed by atoms with Crippen LogP contribution in [0.3, 0.4) is 0 Å². The van der Waals surface area contributed by atoms with E-state index in [1.165, 1.54) is 30.0 Å². The van der Waals surface area contributed by atoms with Crippen LogP contribution >= 0.6 is 0 Å². The smallest absolute Gasteiger partial charge is 0.277 e. The number of nitrogens with zero attached hydrogens (tertiary/aromatic N) is 5. The summed E-state index contributed by atoms with van der Waals surface area (Å²) in [4.78, 5) is 85.4. The number of hydrogen-bond acceptors (Lipinski definition) is 14. The van der Waals surface area contributed by atoms with Gasteiger partial charge in [0.25, 0.3) is 23.6 Å². The van der Waals surface area contributed by atoms with Crippen LogP contribution in [0.1, 0.15) is 85.8 Å². The number of hydrogen-bond donors (Lipinski definition) is 6. The van der Waals surface area contributed by atoms with E-state index in [0.29, 0.717) is 67.9 Å². The molecule has 2 fully saturated rings. The van der Waals surface area contributed by atoms with Crippen LogP contribution in [0.25, 0.3) is 17.1 Å². The average Bonchev–Trinajstić information content (AvgIpc) is 3.67. The molecule has 3 aliphatic rings. The number of imide groups is 2. The van der Waals surface area contributed by atoms with Gasteiger partial charge in [-0.1, -0.05) is 18.2 Å². The molecule has 0 bridgehead atoms. The molecule has 1 saturated carbocycles. The maximum absolute atomic E-state index is 13.3. The van der Waals surface area contributed by atoms with Gasteiger partial charge in [0.15, 0.2) is 11.4 Å². The summed E-state index contributed by atoms with van der Waals surface area (Å²) >= 11 is 0. The first-order chi connectivity index (χ1) is 30.1. The van der Waals surface area contributed by atoms with Crippen LogP contribution in [-0.4, -0.2) is 99.0 Å². The lowest BCUT2D eigenvalue weighted by Crippen LogP contribution is -2.54. The topological polar surface area (TPSA) is 258 Å². The minimum Gasteiger partial charge on any atom is -0.444 e. The first-order valence-corrected chi connectivity index (χ1v) is 20.5. The summed E-state index contributed by atoms with van der Waals surface area (Å²) in [6.45, 7) is 3.71. The first kappa shape index (κ1) is 41.5. The first-order valence-electron chi connectivity index (χ1n) is 20.5. The van der Waals surface area contributed by atoms with Gasteiger partial charge in [-0.05, 0) is 86.5 Å². The summed E-state index contributed by atoms with van der Waals surface area (Å²) in [5.41, 5.74) is 8.93. The second-order valence-corrected chi connectivity index (χ2v) is 15.2. The molecule has 19 heteroatoms. The third-order valence-electron chi connectivity index (χ3n) is 10.6. The second-order valence-electron chi connectivity index (χ2n) is 15.2. The fraction of sp³-hybridized carbons (Fsp3) is 0.326. The summed E-state index contributed by atoms with van der Waals surface area (Å²) in [6, 6.07) is 15.0. The fourth-order valence-corrected chi connectivity index (χ4v) is 7.17. The summed E-state index contributed by atoms with van der Waals surface area (Å²) in [5, 5.41) is 19.1. The van der Waals surface area contributed by atoms with E-state index in [4.69, 9.17) is 14.9 Å². The van der Waals surface area contributed by atoms with E-state index >= 15 is 0 Å². The molecule has 5 aromatic rings. The van der Waals surface area contributed by atoms with Gasteiger partial charge in [-0.15, -0.1) is 0 Å². The van der Waals surface area contributed by atoms with Gasteiger partial charge in [0.2, 0.25) is 17.7 Å². The summed E-state index contributed by atoms with van der Waals surface area (Å²) in [7, 11) is 0. The minimum absolute atomic E-state index is 0.0127. The molecule has 8 rings (SSSR count). The molecule has 0 radical (unpaired) electrons. The standard InChI is InChI=1S/C43H45N11O8/c44-38(56)37-31(49-39(57)32-24-62-41(50-32)27-14-17-47-34(20-27)48-22-26-6-7-26)23-53(52-37)28-10-8-25(9-11-28)21-45-15-2-18-61-19-3-16-46-30-5-1-4-29-36(30)43(60)54(42(29)59)33-12-13-35(55)51-40(33)58/h1,4-5,8-11,14,17,20,23-24,26,33,45-46H,2-3,6-7,12-13,15-16,18-19,21-22H2,(H2,44,56)(H,47,48)(H,49,57)(H,51,55,58). The van der Waals surface area contributed by atoms with Crippen molar-refractivity contribution >= 4 is 52.6 Å². The normalized spacial score (nSPS) is 16.0. The van der Waals surface area contributed by atoms with Crippen molar-refractivity contribution in [3.05, 3.63) is 101 Å². The average molecular weight is 844 g/mol. The Morgan fingerprint density at radius 2 is 1.74 bits per heavy atom. The SMILES string of the molecule is NC(=O)c1nn(-c2ccc(CNCCCOCCCNc3cccc4c3C(=O)N(C3CCC(=O)NC3=O)C4=O)cc2)cc1NC(=O)c1coc(-c2ccnc(NCC3CC3)c2)n1. The number of pyridine rings is 1. The molecule has 2 aliphatic heterocycles. The van der Waals surface area contributed by atoms with E-state index in [0.717, 1.165) is 23.4 Å². The van der Waals surface area contributed by atoms with Gasteiger partial charge in [0, 0.05) is 56.7 Å². The van der Waals surface area contributed by atoms with Crippen LogP contribution in [0.5, 0.6) is 0 Å². The number of nitrogens with one attached hydrogen (secondary N) is 5. The highest BCUT2D eigenvalue weighted by molar-refractivity contribution is 6.25. The largest absolute Gasteiger partial charge is 0.444 e. The lowest BCUT2D eigenvalue weighted by atomic mass is 10.0. The molecule has 1 aliphatic carbocycles. The number of nitrogens with two attached hydrogens (primary N) is 1. The highest BCUT2D eigenvalue weighted by Gasteiger charge is 2.45. The predicted molar refractivity (Wildman–Crippen MR) is 224 cm³/mol. The second kappa shape index (κ2) is 18.6. The van der Waals surface area contributed by atoms with E-state index in [9.17, 15) is 28.8 Å². The van der Waals surface area contributed by atoms with Gasteiger partial charge in [-0.25, -0.2) is 14.6 Å². The van der Waals surface area contributed by atoms with Crippen LogP contribution < -0.4 is 32.3 Å². The molecule has 6 amide bonds. The van der Waals surface area contributed by atoms with Crippen LogP contribution in [0, 0.1) is 5.92 Å². The zero-order chi connectivity index (χ0) is 43.2. The van der Waals surface area contributed by atoms with Crippen LogP contribution in [-0.2, 0) is 20.9 Å². The molecular formula is C43H45N11O8. The number of anilines is 3. The summed E-state index contributed by atoms with van der Waals surface area (Å²) in [6.07, 6.45) is 8.42. The van der Waals surface area contributed by atoms with Crippen LogP contribution in [0.2, 0.25) is 0 Å². The number of oxazole rings is 1. The molecule has 62 heavy (non-hydrogen) atoms. The Bertz CT molecular complexity index is 2510. The molecular weight excluding hydrogens is 799 g/mol. The molecule has 1 unspecified atom stereocenters. The van der Waals surface area contributed by atoms with E-state index < -0.39 is 41.5 Å². The Morgan fingerprint density at radius 3 is 2.52 bits per heavy atom. The monoisotopic (exact) mass is 843 g/mol. The highest BCUT2D eigenvalue weighted by Crippen LogP contribution is 2.33. The van der Waals surface area contributed by atoms with Gasteiger partial charge in [-0.2, -0.15) is 5.10 Å². The molecule has 5 heterocycles. The number of aromatic nitrogens is 4. The number of primary amides is 1. The number of piperidine rings is 1. The highest BCUT2D eigenvalue weighted by atomic mass is 16.5. The molecule has 0 spiro atoms. The Morgan fingerprint density at radius 1 is 0.935 bits per heavy atom. The number of benzene rings is 2. The van der Waals surface area contributed by atoms with E-state index in [-0.39, 0.29) is 46.9 Å². The van der Waals surface area contributed by atoms with Crippen LogP contribution in [0.4, 0.5) is 17.2 Å². The van der Waals surface area contributed by atoms with Gasteiger partial charge < -0.3 is 36.2 Å². The number of fused-ring (bicyclic) bond motifs is 1. The van der Waals surface area contributed by atoms with Crippen molar-refractivity contribution in [2.75, 3.05) is 48.8 Å². The molecule has 7 N–H and O–H groups in total. The van der Waals surface area contributed by atoms with Crippen molar-refractivity contribution in [3.8, 4) is 17.1 Å². The van der Waals surface area contributed by atoms with Crippen molar-refractivity contribution in [2.45, 2.75) is 51.1 Å². The third-order valence-corrected chi connectivity index (χ3v) is 10.6.